The molecule has 0 radical (unpaired) electrons. The van der Waals surface area contributed by atoms with Crippen LogP contribution < -0.4 is 10.9 Å². The van der Waals surface area contributed by atoms with E-state index in [4.69, 9.17) is 11.6 Å². The number of rotatable bonds is 5. The third-order valence-corrected chi connectivity index (χ3v) is 4.60. The lowest BCUT2D eigenvalue weighted by atomic mass is 9.79. The number of nitrogens with one attached hydrogen (secondary N) is 1. The summed E-state index contributed by atoms with van der Waals surface area (Å²) in [6.07, 6.45) is 6.00. The van der Waals surface area contributed by atoms with Crippen molar-refractivity contribution in [3.8, 4) is 0 Å². The molecule has 2 N–H and O–H groups in total. The molecule has 1 saturated carbocycles. The largest absolute Gasteiger partial charge is 0.388 e. The molecule has 0 aromatic carbocycles. The third-order valence-electron chi connectivity index (χ3n) is 4.23. The summed E-state index contributed by atoms with van der Waals surface area (Å²) >= 11 is 6.10. The molecule has 1 aromatic heterocycles. The Hall–Kier alpha value is -1.07. The number of aliphatic hydroxyl groups is 1. The van der Waals surface area contributed by atoms with E-state index in [1.54, 1.807) is 6.20 Å². The van der Waals surface area contributed by atoms with E-state index in [2.05, 4.69) is 17.3 Å². The first kappa shape index (κ1) is 16.3. The van der Waals surface area contributed by atoms with Gasteiger partial charge in [-0.05, 0) is 38.0 Å². The van der Waals surface area contributed by atoms with Crippen LogP contribution in [0.5, 0.6) is 0 Å². The summed E-state index contributed by atoms with van der Waals surface area (Å²) in [5, 5.41) is 17.9. The van der Waals surface area contributed by atoms with Gasteiger partial charge in [0.2, 0.25) is 0 Å². The zero-order chi connectivity index (χ0) is 15.5. The Morgan fingerprint density at radius 2 is 2.19 bits per heavy atom. The second-order valence-corrected chi connectivity index (χ2v) is 6.54. The Labute approximate surface area is 130 Å². The summed E-state index contributed by atoms with van der Waals surface area (Å²) in [5.41, 5.74) is -0.498. The number of aromatic nitrogens is 2. The smallest absolute Gasteiger partial charge is 0.287 e. The fourth-order valence-electron chi connectivity index (χ4n) is 2.70. The maximum atomic E-state index is 12.0. The summed E-state index contributed by atoms with van der Waals surface area (Å²) in [6, 6.07) is 0. The van der Waals surface area contributed by atoms with Crippen LogP contribution in [0.4, 0.5) is 5.69 Å². The van der Waals surface area contributed by atoms with Gasteiger partial charge in [-0.15, -0.1) is 0 Å². The van der Waals surface area contributed by atoms with Crippen LogP contribution in [-0.2, 0) is 6.54 Å². The Morgan fingerprint density at radius 3 is 2.81 bits per heavy atom. The van der Waals surface area contributed by atoms with Gasteiger partial charge < -0.3 is 10.4 Å². The van der Waals surface area contributed by atoms with E-state index in [-0.39, 0.29) is 10.6 Å². The van der Waals surface area contributed by atoms with Crippen LogP contribution >= 0.6 is 11.6 Å². The SMILES string of the molecule is CCCn1ncc(NCC2(O)CCC(C)CC2)c(Cl)c1=O. The molecule has 118 valence electrons. The van der Waals surface area contributed by atoms with Crippen molar-refractivity contribution in [1.29, 1.82) is 0 Å². The van der Waals surface area contributed by atoms with Crippen LogP contribution in [0.25, 0.3) is 0 Å². The minimum Gasteiger partial charge on any atom is -0.388 e. The predicted molar refractivity (Wildman–Crippen MR) is 84.9 cm³/mol. The van der Waals surface area contributed by atoms with Gasteiger partial charge in [-0.1, -0.05) is 25.4 Å². The van der Waals surface area contributed by atoms with Crippen molar-refractivity contribution in [2.24, 2.45) is 5.92 Å². The van der Waals surface area contributed by atoms with Crippen LogP contribution in [0, 0.1) is 5.92 Å². The molecule has 0 saturated heterocycles. The Bertz CT molecular complexity index is 536. The maximum absolute atomic E-state index is 12.0. The van der Waals surface area contributed by atoms with Crippen molar-refractivity contribution in [2.45, 2.75) is 58.1 Å². The number of aryl methyl sites for hydroxylation is 1. The van der Waals surface area contributed by atoms with E-state index >= 15 is 0 Å². The van der Waals surface area contributed by atoms with Crippen LogP contribution in [-0.4, -0.2) is 27.0 Å². The molecular formula is C15H24ClN3O2. The van der Waals surface area contributed by atoms with Gasteiger partial charge >= 0.3 is 0 Å². The molecule has 1 fully saturated rings. The Kier molecular flexibility index (Phi) is 5.27. The topological polar surface area (TPSA) is 67.2 Å². The van der Waals surface area contributed by atoms with Gasteiger partial charge in [-0.25, -0.2) is 4.68 Å². The Balaban J connectivity index is 2.03. The molecular weight excluding hydrogens is 290 g/mol. The molecule has 0 spiro atoms. The van der Waals surface area contributed by atoms with Gasteiger partial charge in [0, 0.05) is 13.1 Å². The van der Waals surface area contributed by atoms with Gasteiger partial charge in [0.25, 0.3) is 5.56 Å². The molecule has 6 heteroatoms. The minimum atomic E-state index is -0.714. The molecule has 5 nitrogen and oxygen atoms in total. The molecule has 0 unspecified atom stereocenters. The summed E-state index contributed by atoms with van der Waals surface area (Å²) < 4.78 is 1.37. The fraction of sp³-hybridized carbons (Fsp3) is 0.733. The average Bonchev–Trinajstić information content (AvgIpc) is 2.47. The van der Waals surface area contributed by atoms with Crippen LogP contribution in [0.15, 0.2) is 11.0 Å². The summed E-state index contributed by atoms with van der Waals surface area (Å²) in [6.45, 7) is 5.15. The number of hydrogen-bond acceptors (Lipinski definition) is 4. The summed E-state index contributed by atoms with van der Waals surface area (Å²) in [7, 11) is 0. The first-order valence-corrected chi connectivity index (χ1v) is 8.05. The van der Waals surface area contributed by atoms with Gasteiger partial charge in [0.15, 0.2) is 0 Å². The number of halogens is 1. The van der Waals surface area contributed by atoms with Crippen LogP contribution in [0.2, 0.25) is 5.02 Å². The summed E-state index contributed by atoms with van der Waals surface area (Å²) in [4.78, 5) is 12.0. The zero-order valence-electron chi connectivity index (χ0n) is 12.7. The molecule has 1 aliphatic rings. The molecule has 21 heavy (non-hydrogen) atoms. The number of hydrogen-bond donors (Lipinski definition) is 2. The highest BCUT2D eigenvalue weighted by Gasteiger charge is 2.31. The molecule has 2 rings (SSSR count). The molecule has 1 aromatic rings. The van der Waals surface area contributed by atoms with Crippen molar-refractivity contribution < 1.29 is 5.11 Å². The van der Waals surface area contributed by atoms with Crippen molar-refractivity contribution in [2.75, 3.05) is 11.9 Å². The lowest BCUT2D eigenvalue weighted by Crippen LogP contribution is -2.40. The lowest BCUT2D eigenvalue weighted by molar-refractivity contribution is 0.00500. The third kappa shape index (κ3) is 3.98. The molecule has 0 aliphatic heterocycles. The molecule has 0 bridgehead atoms. The van der Waals surface area contributed by atoms with Gasteiger partial charge in [0.1, 0.15) is 5.02 Å². The normalized spacial score (nSPS) is 25.8. The molecule has 0 atom stereocenters. The highest BCUT2D eigenvalue weighted by molar-refractivity contribution is 6.32. The fourth-order valence-corrected chi connectivity index (χ4v) is 2.91. The average molecular weight is 314 g/mol. The van der Waals surface area contributed by atoms with E-state index in [0.717, 1.165) is 32.1 Å². The quantitative estimate of drug-likeness (QED) is 0.877. The highest BCUT2D eigenvalue weighted by Crippen LogP contribution is 2.32. The zero-order valence-corrected chi connectivity index (χ0v) is 13.5. The Morgan fingerprint density at radius 1 is 1.52 bits per heavy atom. The predicted octanol–water partition coefficient (Wildman–Crippen LogP) is 2.66. The van der Waals surface area contributed by atoms with Crippen molar-refractivity contribution in [3.05, 3.63) is 21.6 Å². The maximum Gasteiger partial charge on any atom is 0.287 e. The van der Waals surface area contributed by atoms with Crippen LogP contribution in [0.1, 0.15) is 46.0 Å². The minimum absolute atomic E-state index is 0.145. The lowest BCUT2D eigenvalue weighted by Gasteiger charge is -2.35. The number of anilines is 1. The second kappa shape index (κ2) is 6.79. The highest BCUT2D eigenvalue weighted by atomic mass is 35.5. The van der Waals surface area contributed by atoms with Crippen molar-refractivity contribution >= 4 is 17.3 Å². The van der Waals surface area contributed by atoms with Gasteiger partial charge in [-0.2, -0.15) is 5.10 Å². The van der Waals surface area contributed by atoms with Crippen LogP contribution in [0.3, 0.4) is 0 Å². The van der Waals surface area contributed by atoms with Gasteiger partial charge in [-0.3, -0.25) is 4.79 Å². The first-order valence-electron chi connectivity index (χ1n) is 7.67. The van der Waals surface area contributed by atoms with E-state index in [1.165, 1.54) is 4.68 Å². The van der Waals surface area contributed by atoms with Crippen molar-refractivity contribution in [1.82, 2.24) is 9.78 Å². The van der Waals surface area contributed by atoms with Gasteiger partial charge in [0.05, 0.1) is 17.5 Å². The van der Waals surface area contributed by atoms with E-state index in [0.29, 0.717) is 24.7 Å². The molecule has 1 heterocycles. The second-order valence-electron chi connectivity index (χ2n) is 6.16. The number of nitrogens with zero attached hydrogens (tertiary/aromatic N) is 2. The first-order chi connectivity index (χ1) is 9.95. The molecule has 1 aliphatic carbocycles. The standard InChI is InChI=1S/C15H24ClN3O2/c1-3-8-19-14(20)13(16)12(9-18-19)17-10-15(21)6-4-11(2)5-7-15/h9,11,17,21H,3-8,10H2,1-2H3. The van der Waals surface area contributed by atoms with E-state index < -0.39 is 5.60 Å². The molecule has 0 amide bonds. The van der Waals surface area contributed by atoms with E-state index in [1.807, 2.05) is 6.92 Å². The summed E-state index contributed by atoms with van der Waals surface area (Å²) in [5.74, 6) is 0.675. The van der Waals surface area contributed by atoms with E-state index in [9.17, 15) is 9.90 Å². The van der Waals surface area contributed by atoms with Crippen molar-refractivity contribution in [3.63, 3.8) is 0 Å². The monoisotopic (exact) mass is 313 g/mol.